The minimum atomic E-state index is -0.747. The third-order valence-corrected chi connectivity index (χ3v) is 1.80. The van der Waals surface area contributed by atoms with Crippen LogP contribution in [0.2, 0.25) is 0 Å². The first-order chi connectivity index (χ1) is 5.63. The Morgan fingerprint density at radius 1 is 1.17 bits per heavy atom. The van der Waals surface area contributed by atoms with Crippen LogP contribution in [0.4, 0.5) is 0 Å². The Morgan fingerprint density at radius 3 is 2.08 bits per heavy atom. The highest BCUT2D eigenvalue weighted by atomic mass is 16.3. The van der Waals surface area contributed by atoms with Gasteiger partial charge in [0, 0.05) is 0 Å². The van der Waals surface area contributed by atoms with Gasteiger partial charge in [0.25, 0.3) is 0 Å². The Bertz CT molecular complexity index is 248. The lowest BCUT2D eigenvalue weighted by Crippen LogP contribution is -2.02. The molecule has 0 aliphatic heterocycles. The average Bonchev–Trinajstić information content (AvgIpc) is 2.01. The maximum atomic E-state index is 9.33. The van der Waals surface area contributed by atoms with Crippen molar-refractivity contribution in [3.63, 3.8) is 0 Å². The molecule has 12 heavy (non-hydrogen) atoms. The van der Waals surface area contributed by atoms with Gasteiger partial charge in [-0.15, -0.1) is 0 Å². The van der Waals surface area contributed by atoms with E-state index in [4.69, 9.17) is 5.11 Å². The van der Waals surface area contributed by atoms with Gasteiger partial charge in [0.2, 0.25) is 0 Å². The molecule has 0 aliphatic rings. The molecule has 0 radical (unpaired) electrons. The average molecular weight is 166 g/mol. The van der Waals surface area contributed by atoms with Gasteiger partial charge in [-0.3, -0.25) is 0 Å². The molecule has 0 aromatic heterocycles. The summed E-state index contributed by atoms with van der Waals surface area (Å²) in [6.45, 7) is 3.73. The van der Waals surface area contributed by atoms with Crippen LogP contribution in [-0.4, -0.2) is 16.8 Å². The minimum absolute atomic E-state index is 0.219. The van der Waals surface area contributed by atoms with Crippen LogP contribution in [0.15, 0.2) is 18.2 Å². The molecule has 0 heterocycles. The zero-order valence-electron chi connectivity index (χ0n) is 7.41. The molecule has 0 bridgehead atoms. The Morgan fingerprint density at radius 2 is 1.67 bits per heavy atom. The van der Waals surface area contributed by atoms with E-state index in [1.54, 1.807) is 0 Å². The summed E-state index contributed by atoms with van der Waals surface area (Å²) >= 11 is 0. The van der Waals surface area contributed by atoms with E-state index in [1.165, 1.54) is 0 Å². The highest BCUT2D eigenvalue weighted by Crippen LogP contribution is 2.15. The van der Waals surface area contributed by atoms with E-state index >= 15 is 0 Å². The molecule has 1 rings (SSSR count). The Hall–Kier alpha value is -0.860. The predicted octanol–water partition coefficient (Wildman–Crippen LogP) is 1.33. The van der Waals surface area contributed by atoms with Crippen LogP contribution in [-0.2, 0) is 0 Å². The molecule has 0 saturated carbocycles. The fourth-order valence-electron chi connectivity index (χ4n) is 1.31. The highest BCUT2D eigenvalue weighted by molar-refractivity contribution is 5.29. The SMILES string of the molecule is Cc1cc(C)cc([C@H](O)CO)c1. The lowest BCUT2D eigenvalue weighted by molar-refractivity contribution is 0.0955. The Labute approximate surface area is 72.5 Å². The lowest BCUT2D eigenvalue weighted by atomic mass is 10.0. The van der Waals surface area contributed by atoms with Gasteiger partial charge < -0.3 is 10.2 Å². The summed E-state index contributed by atoms with van der Waals surface area (Å²) in [7, 11) is 0. The zero-order valence-corrected chi connectivity index (χ0v) is 7.41. The second-order valence-corrected chi connectivity index (χ2v) is 3.12. The van der Waals surface area contributed by atoms with E-state index in [0.717, 1.165) is 16.7 Å². The van der Waals surface area contributed by atoms with Gasteiger partial charge in [-0.25, -0.2) is 0 Å². The van der Waals surface area contributed by atoms with E-state index in [9.17, 15) is 5.11 Å². The van der Waals surface area contributed by atoms with Gasteiger partial charge >= 0.3 is 0 Å². The number of hydrogen-bond acceptors (Lipinski definition) is 2. The van der Waals surface area contributed by atoms with Gasteiger partial charge in [-0.1, -0.05) is 29.3 Å². The Balaban J connectivity index is 3.00. The van der Waals surface area contributed by atoms with Crippen molar-refractivity contribution in [1.82, 2.24) is 0 Å². The molecule has 1 aromatic carbocycles. The number of rotatable bonds is 2. The maximum absolute atomic E-state index is 9.33. The van der Waals surface area contributed by atoms with Gasteiger partial charge in [-0.2, -0.15) is 0 Å². The van der Waals surface area contributed by atoms with Crippen molar-refractivity contribution < 1.29 is 10.2 Å². The molecule has 2 nitrogen and oxygen atoms in total. The first kappa shape index (κ1) is 9.23. The Kier molecular flexibility index (Phi) is 2.84. The molecule has 0 saturated heterocycles. The van der Waals surface area contributed by atoms with Crippen molar-refractivity contribution in [2.75, 3.05) is 6.61 Å². The number of aliphatic hydroxyl groups excluding tert-OH is 2. The fourth-order valence-corrected chi connectivity index (χ4v) is 1.31. The fraction of sp³-hybridized carbons (Fsp3) is 0.400. The molecular weight excluding hydrogens is 152 g/mol. The summed E-state index contributed by atoms with van der Waals surface area (Å²) < 4.78 is 0. The van der Waals surface area contributed by atoms with Crippen LogP contribution in [0, 0.1) is 13.8 Å². The van der Waals surface area contributed by atoms with E-state index in [-0.39, 0.29) is 6.61 Å². The van der Waals surface area contributed by atoms with Crippen LogP contribution in [0.5, 0.6) is 0 Å². The largest absolute Gasteiger partial charge is 0.393 e. The molecule has 1 aromatic rings. The van der Waals surface area contributed by atoms with E-state index < -0.39 is 6.10 Å². The van der Waals surface area contributed by atoms with Crippen LogP contribution >= 0.6 is 0 Å². The molecule has 66 valence electrons. The predicted molar refractivity (Wildman–Crippen MR) is 48.0 cm³/mol. The standard InChI is InChI=1S/C10H14O2/c1-7-3-8(2)5-9(4-7)10(12)6-11/h3-5,10-12H,6H2,1-2H3/t10-/m1/s1. The molecule has 2 N–H and O–H groups in total. The second kappa shape index (κ2) is 3.70. The number of hydrogen-bond donors (Lipinski definition) is 2. The van der Waals surface area contributed by atoms with Crippen molar-refractivity contribution >= 4 is 0 Å². The monoisotopic (exact) mass is 166 g/mol. The van der Waals surface area contributed by atoms with Gasteiger partial charge in [0.05, 0.1) is 6.61 Å². The van der Waals surface area contributed by atoms with Crippen LogP contribution in [0.1, 0.15) is 22.8 Å². The molecule has 0 unspecified atom stereocenters. The summed E-state index contributed by atoms with van der Waals surface area (Å²) in [5, 5.41) is 18.0. The van der Waals surface area contributed by atoms with Crippen molar-refractivity contribution in [3.8, 4) is 0 Å². The molecule has 2 heteroatoms. The molecule has 0 amide bonds. The summed E-state index contributed by atoms with van der Waals surface area (Å²) in [4.78, 5) is 0. The molecule has 0 aliphatic carbocycles. The third kappa shape index (κ3) is 2.06. The second-order valence-electron chi connectivity index (χ2n) is 3.12. The van der Waals surface area contributed by atoms with Crippen molar-refractivity contribution in [2.24, 2.45) is 0 Å². The summed E-state index contributed by atoms with van der Waals surface area (Å²) in [6.07, 6.45) is -0.747. The van der Waals surface area contributed by atoms with Crippen LogP contribution < -0.4 is 0 Å². The number of aryl methyl sites for hydroxylation is 2. The van der Waals surface area contributed by atoms with Crippen molar-refractivity contribution in [3.05, 3.63) is 34.9 Å². The topological polar surface area (TPSA) is 40.5 Å². The molecular formula is C10H14O2. The highest BCUT2D eigenvalue weighted by Gasteiger charge is 2.05. The summed E-state index contributed by atoms with van der Waals surface area (Å²) in [5.41, 5.74) is 3.00. The van der Waals surface area contributed by atoms with Crippen molar-refractivity contribution in [1.29, 1.82) is 0 Å². The lowest BCUT2D eigenvalue weighted by Gasteiger charge is -2.09. The smallest absolute Gasteiger partial charge is 0.102 e. The maximum Gasteiger partial charge on any atom is 0.102 e. The van der Waals surface area contributed by atoms with Gasteiger partial charge in [-0.05, 0) is 19.4 Å². The minimum Gasteiger partial charge on any atom is -0.393 e. The third-order valence-electron chi connectivity index (χ3n) is 1.80. The molecule has 1 atom stereocenters. The van der Waals surface area contributed by atoms with Gasteiger partial charge in [0.15, 0.2) is 0 Å². The number of benzene rings is 1. The first-order valence-electron chi connectivity index (χ1n) is 4.00. The van der Waals surface area contributed by atoms with E-state index in [0.29, 0.717) is 0 Å². The normalized spacial score (nSPS) is 13.0. The van der Waals surface area contributed by atoms with Crippen molar-refractivity contribution in [2.45, 2.75) is 20.0 Å². The van der Waals surface area contributed by atoms with Gasteiger partial charge in [0.1, 0.15) is 6.10 Å². The number of aliphatic hydroxyl groups is 2. The van der Waals surface area contributed by atoms with E-state index in [2.05, 4.69) is 0 Å². The van der Waals surface area contributed by atoms with Crippen LogP contribution in [0.25, 0.3) is 0 Å². The summed E-state index contributed by atoms with van der Waals surface area (Å²) in [6, 6.07) is 5.80. The first-order valence-corrected chi connectivity index (χ1v) is 4.00. The quantitative estimate of drug-likeness (QED) is 0.695. The molecule has 0 spiro atoms. The van der Waals surface area contributed by atoms with Crippen LogP contribution in [0.3, 0.4) is 0 Å². The zero-order chi connectivity index (χ0) is 9.14. The molecule has 0 fully saturated rings. The van der Waals surface area contributed by atoms with E-state index in [1.807, 2.05) is 32.0 Å². The summed E-state index contributed by atoms with van der Waals surface area (Å²) in [5.74, 6) is 0.